The van der Waals surface area contributed by atoms with Crippen LogP contribution in [0.1, 0.15) is 36.6 Å². The highest BCUT2D eigenvalue weighted by molar-refractivity contribution is 8.00. The number of halogens is 1. The van der Waals surface area contributed by atoms with Gasteiger partial charge in [-0.15, -0.1) is 5.10 Å². The van der Waals surface area contributed by atoms with Gasteiger partial charge in [-0.1, -0.05) is 42.1 Å². The summed E-state index contributed by atoms with van der Waals surface area (Å²) in [6.07, 6.45) is 0. The van der Waals surface area contributed by atoms with E-state index in [2.05, 4.69) is 20.8 Å². The minimum Gasteiger partial charge on any atom is -0.349 e. The van der Waals surface area contributed by atoms with Crippen molar-refractivity contribution < 1.29 is 9.18 Å². The highest BCUT2D eigenvalue weighted by Crippen LogP contribution is 2.26. The van der Waals surface area contributed by atoms with Gasteiger partial charge in [0, 0.05) is 0 Å². The van der Waals surface area contributed by atoms with Crippen LogP contribution in [0.4, 0.5) is 4.39 Å². The van der Waals surface area contributed by atoms with Gasteiger partial charge >= 0.3 is 0 Å². The maximum Gasteiger partial charge on any atom is 0.233 e. The minimum atomic E-state index is -0.406. The number of hydrogen-bond donors (Lipinski definition) is 1. The van der Waals surface area contributed by atoms with Crippen molar-refractivity contribution in [3.63, 3.8) is 0 Å². The fourth-order valence-electron chi connectivity index (χ4n) is 2.91. The van der Waals surface area contributed by atoms with Crippen LogP contribution in [0, 0.1) is 19.7 Å². The summed E-state index contributed by atoms with van der Waals surface area (Å²) in [6, 6.07) is 11.9. The molecule has 0 aliphatic carbocycles. The fraction of sp³-hybridized carbons (Fsp3) is 0.300. The second kappa shape index (κ2) is 8.52. The zero-order chi connectivity index (χ0) is 20.3. The molecule has 8 heteroatoms. The lowest BCUT2D eigenvalue weighted by Crippen LogP contribution is -2.33. The summed E-state index contributed by atoms with van der Waals surface area (Å²) >= 11 is 1.29. The Kier molecular flexibility index (Phi) is 6.08. The second-order valence-electron chi connectivity index (χ2n) is 6.66. The summed E-state index contributed by atoms with van der Waals surface area (Å²) < 4.78 is 14.7. The van der Waals surface area contributed by atoms with Gasteiger partial charge in [0.1, 0.15) is 5.82 Å². The van der Waals surface area contributed by atoms with Gasteiger partial charge in [0.25, 0.3) is 0 Å². The number of amides is 1. The first-order chi connectivity index (χ1) is 13.4. The maximum absolute atomic E-state index is 13.1. The first-order valence-corrected chi connectivity index (χ1v) is 9.82. The number of nitrogens with one attached hydrogen (secondary N) is 1. The van der Waals surface area contributed by atoms with E-state index in [1.165, 1.54) is 23.9 Å². The number of thioether (sulfide) groups is 1. The summed E-state index contributed by atoms with van der Waals surface area (Å²) in [6.45, 7) is 7.67. The normalized spacial score (nSPS) is 13.2. The maximum atomic E-state index is 13.1. The van der Waals surface area contributed by atoms with Crippen LogP contribution in [0.3, 0.4) is 0 Å². The van der Waals surface area contributed by atoms with Crippen molar-refractivity contribution in [3.05, 3.63) is 65.0 Å². The van der Waals surface area contributed by atoms with E-state index in [0.717, 1.165) is 22.4 Å². The van der Waals surface area contributed by atoms with Crippen LogP contribution in [0.2, 0.25) is 0 Å². The predicted octanol–water partition coefficient (Wildman–Crippen LogP) is 3.78. The largest absolute Gasteiger partial charge is 0.349 e. The summed E-state index contributed by atoms with van der Waals surface area (Å²) in [5.74, 6) is -0.442. The van der Waals surface area contributed by atoms with E-state index in [9.17, 15) is 9.18 Å². The van der Waals surface area contributed by atoms with E-state index in [0.29, 0.717) is 5.16 Å². The van der Waals surface area contributed by atoms with Crippen molar-refractivity contribution in [2.45, 2.75) is 44.1 Å². The fourth-order valence-corrected chi connectivity index (χ4v) is 3.71. The molecule has 2 atom stereocenters. The Balaban J connectivity index is 1.72. The van der Waals surface area contributed by atoms with Gasteiger partial charge in [-0.3, -0.25) is 4.79 Å². The molecule has 0 saturated heterocycles. The third-order valence-corrected chi connectivity index (χ3v) is 5.51. The molecule has 2 aromatic carbocycles. The average molecular weight is 399 g/mol. The lowest BCUT2D eigenvalue weighted by Gasteiger charge is -2.18. The third kappa shape index (κ3) is 4.39. The summed E-state index contributed by atoms with van der Waals surface area (Å²) in [7, 11) is 0. The van der Waals surface area contributed by atoms with E-state index >= 15 is 0 Å². The van der Waals surface area contributed by atoms with Crippen LogP contribution in [-0.4, -0.2) is 31.4 Å². The summed E-state index contributed by atoms with van der Waals surface area (Å²) in [5.41, 5.74) is 3.86. The number of aromatic nitrogens is 4. The Morgan fingerprint density at radius 2 is 1.75 bits per heavy atom. The molecule has 0 spiro atoms. The number of tetrazole rings is 1. The molecule has 0 radical (unpaired) electrons. The predicted molar refractivity (Wildman–Crippen MR) is 107 cm³/mol. The Morgan fingerprint density at radius 1 is 1.11 bits per heavy atom. The molecule has 0 aliphatic heterocycles. The highest BCUT2D eigenvalue weighted by atomic mass is 32.2. The molecular formula is C20H22FN5OS. The number of nitrogens with zero attached hydrogens (tertiary/aromatic N) is 4. The van der Waals surface area contributed by atoms with Crippen LogP contribution in [-0.2, 0) is 4.79 Å². The van der Waals surface area contributed by atoms with E-state index in [-0.39, 0.29) is 17.8 Å². The molecule has 3 rings (SSSR count). The van der Waals surface area contributed by atoms with Gasteiger partial charge in [0.2, 0.25) is 11.1 Å². The van der Waals surface area contributed by atoms with E-state index in [4.69, 9.17) is 0 Å². The second-order valence-corrected chi connectivity index (χ2v) is 7.96. The first kappa shape index (κ1) is 20.0. The van der Waals surface area contributed by atoms with Crippen molar-refractivity contribution in [2.75, 3.05) is 0 Å². The van der Waals surface area contributed by atoms with Gasteiger partial charge in [0.05, 0.1) is 17.0 Å². The highest BCUT2D eigenvalue weighted by Gasteiger charge is 2.22. The van der Waals surface area contributed by atoms with Crippen LogP contribution < -0.4 is 5.32 Å². The lowest BCUT2D eigenvalue weighted by atomic mass is 10.1. The zero-order valence-electron chi connectivity index (χ0n) is 16.2. The van der Waals surface area contributed by atoms with Gasteiger partial charge in [-0.25, -0.2) is 4.39 Å². The van der Waals surface area contributed by atoms with Gasteiger partial charge in [-0.05, 0) is 66.9 Å². The number of carbonyl (C=O) groups is 1. The SMILES string of the molecule is Cc1cccc(C)c1-n1nnnc1S[C@@H](C)C(=O)N[C@@H](C)c1ccc(F)cc1. The molecule has 1 aromatic heterocycles. The first-order valence-electron chi connectivity index (χ1n) is 8.94. The van der Waals surface area contributed by atoms with Gasteiger partial charge in [-0.2, -0.15) is 4.68 Å². The summed E-state index contributed by atoms with van der Waals surface area (Å²) in [5, 5.41) is 15.1. The number of rotatable bonds is 6. The minimum absolute atomic E-state index is 0.141. The molecule has 146 valence electrons. The number of benzene rings is 2. The summed E-state index contributed by atoms with van der Waals surface area (Å²) in [4.78, 5) is 12.6. The molecule has 1 heterocycles. The van der Waals surface area contributed by atoms with Crippen molar-refractivity contribution in [2.24, 2.45) is 0 Å². The molecule has 1 N–H and O–H groups in total. The van der Waals surface area contributed by atoms with E-state index in [1.807, 2.05) is 39.0 Å². The van der Waals surface area contributed by atoms with Crippen LogP contribution in [0.15, 0.2) is 47.6 Å². The number of para-hydroxylation sites is 1. The Bertz CT molecular complexity index is 953. The molecule has 0 unspecified atom stereocenters. The quantitative estimate of drug-likeness (QED) is 0.639. The molecule has 0 aliphatic rings. The third-order valence-electron chi connectivity index (χ3n) is 4.47. The molecule has 28 heavy (non-hydrogen) atoms. The van der Waals surface area contributed by atoms with Crippen LogP contribution in [0.5, 0.6) is 0 Å². The Hall–Kier alpha value is -2.74. The van der Waals surface area contributed by atoms with E-state index in [1.54, 1.807) is 23.7 Å². The average Bonchev–Trinajstić information content (AvgIpc) is 3.09. The monoisotopic (exact) mass is 399 g/mol. The van der Waals surface area contributed by atoms with Crippen molar-refractivity contribution in [3.8, 4) is 5.69 Å². The van der Waals surface area contributed by atoms with Crippen LogP contribution in [0.25, 0.3) is 5.69 Å². The Labute approximate surface area is 167 Å². The Morgan fingerprint density at radius 3 is 2.39 bits per heavy atom. The van der Waals surface area contributed by atoms with Crippen LogP contribution >= 0.6 is 11.8 Å². The number of aryl methyl sites for hydroxylation is 2. The molecular weight excluding hydrogens is 377 g/mol. The number of hydrogen-bond acceptors (Lipinski definition) is 5. The molecule has 6 nitrogen and oxygen atoms in total. The van der Waals surface area contributed by atoms with Crippen molar-refractivity contribution in [1.82, 2.24) is 25.5 Å². The molecule has 0 saturated carbocycles. The molecule has 1 amide bonds. The van der Waals surface area contributed by atoms with Crippen molar-refractivity contribution >= 4 is 17.7 Å². The van der Waals surface area contributed by atoms with Gasteiger partial charge < -0.3 is 5.32 Å². The van der Waals surface area contributed by atoms with E-state index < -0.39 is 5.25 Å². The molecule has 0 bridgehead atoms. The standard InChI is InChI=1S/C20H22FN5OS/c1-12-6-5-7-13(2)18(12)26-20(23-24-25-26)28-15(4)19(27)22-14(3)16-8-10-17(21)11-9-16/h5-11,14-15H,1-4H3,(H,22,27)/t14-,15-/m0/s1. The number of carbonyl (C=O) groups excluding carboxylic acids is 1. The zero-order valence-corrected chi connectivity index (χ0v) is 17.0. The molecule has 0 fully saturated rings. The smallest absolute Gasteiger partial charge is 0.233 e. The lowest BCUT2D eigenvalue weighted by molar-refractivity contribution is -0.120. The van der Waals surface area contributed by atoms with Gasteiger partial charge in [0.15, 0.2) is 0 Å². The topological polar surface area (TPSA) is 72.7 Å². The molecule has 3 aromatic rings. The van der Waals surface area contributed by atoms with Crippen molar-refractivity contribution in [1.29, 1.82) is 0 Å².